The number of hydrogen-bond donors (Lipinski definition) is 2. The summed E-state index contributed by atoms with van der Waals surface area (Å²) in [5.41, 5.74) is 1.41. The number of hydrogen-bond acceptors (Lipinski definition) is 3. The van der Waals surface area contributed by atoms with Crippen LogP contribution < -0.4 is 15.4 Å². The van der Waals surface area contributed by atoms with Gasteiger partial charge in [0.1, 0.15) is 5.75 Å². The van der Waals surface area contributed by atoms with Gasteiger partial charge in [0.2, 0.25) is 11.8 Å². The molecule has 2 unspecified atom stereocenters. The highest BCUT2D eigenvalue weighted by molar-refractivity contribution is 6.35. The van der Waals surface area contributed by atoms with E-state index < -0.39 is 0 Å². The third-order valence-corrected chi connectivity index (χ3v) is 4.68. The summed E-state index contributed by atoms with van der Waals surface area (Å²) in [4.78, 5) is 24.6. The summed E-state index contributed by atoms with van der Waals surface area (Å²) in [5.74, 6) is -0.290. The molecule has 2 aromatic carbocycles. The third-order valence-electron chi connectivity index (χ3n) is 4.24. The largest absolute Gasteiger partial charge is 0.496 e. The molecule has 3 rings (SSSR count). The molecule has 0 heterocycles. The number of para-hydroxylation sites is 1. The number of halogens is 2. The van der Waals surface area contributed by atoms with Crippen molar-refractivity contribution in [2.75, 3.05) is 12.4 Å². The number of anilines is 1. The molecule has 5 nitrogen and oxygen atoms in total. The van der Waals surface area contributed by atoms with Gasteiger partial charge in [0, 0.05) is 27.8 Å². The minimum atomic E-state index is -0.342. The maximum atomic E-state index is 12.3. The van der Waals surface area contributed by atoms with Crippen molar-refractivity contribution >= 4 is 40.7 Å². The molecule has 1 aliphatic rings. The summed E-state index contributed by atoms with van der Waals surface area (Å²) < 4.78 is 5.26. The van der Waals surface area contributed by atoms with Gasteiger partial charge in [0.15, 0.2) is 0 Å². The van der Waals surface area contributed by atoms with Crippen LogP contribution in [0, 0.1) is 11.8 Å². The summed E-state index contributed by atoms with van der Waals surface area (Å²) >= 11 is 11.8. The Bertz CT molecular complexity index is 821. The minimum Gasteiger partial charge on any atom is -0.496 e. The van der Waals surface area contributed by atoms with Crippen molar-refractivity contribution < 1.29 is 14.3 Å². The van der Waals surface area contributed by atoms with E-state index in [2.05, 4.69) is 10.6 Å². The molecular formula is C19H18Cl2N2O3. The van der Waals surface area contributed by atoms with Crippen molar-refractivity contribution in [2.45, 2.75) is 13.0 Å². The average Bonchev–Trinajstić information content (AvgIpc) is 3.40. The van der Waals surface area contributed by atoms with E-state index in [0.717, 1.165) is 11.3 Å². The van der Waals surface area contributed by atoms with Crippen LogP contribution in [0.3, 0.4) is 0 Å². The summed E-state index contributed by atoms with van der Waals surface area (Å²) in [6.45, 7) is 0.359. The van der Waals surface area contributed by atoms with E-state index in [1.54, 1.807) is 25.3 Å². The van der Waals surface area contributed by atoms with Crippen LogP contribution in [0.2, 0.25) is 10.0 Å². The fraction of sp³-hybridized carbons (Fsp3) is 0.263. The Hall–Kier alpha value is -2.24. The third kappa shape index (κ3) is 4.48. The first-order valence-electron chi connectivity index (χ1n) is 8.14. The average molecular weight is 393 g/mol. The quantitative estimate of drug-likeness (QED) is 0.783. The van der Waals surface area contributed by atoms with Gasteiger partial charge in [-0.15, -0.1) is 0 Å². The second-order valence-corrected chi connectivity index (χ2v) is 7.00. The van der Waals surface area contributed by atoms with E-state index in [1.807, 2.05) is 24.3 Å². The number of amides is 2. The first kappa shape index (κ1) is 18.5. The van der Waals surface area contributed by atoms with E-state index in [0.29, 0.717) is 28.7 Å². The van der Waals surface area contributed by atoms with Gasteiger partial charge in [-0.2, -0.15) is 0 Å². The zero-order chi connectivity index (χ0) is 18.7. The minimum absolute atomic E-state index is 0.139. The molecule has 0 aliphatic heterocycles. The molecule has 1 aliphatic carbocycles. The van der Waals surface area contributed by atoms with Crippen molar-refractivity contribution in [3.63, 3.8) is 0 Å². The number of methoxy groups -OCH3 is 1. The molecule has 0 aromatic heterocycles. The Morgan fingerprint density at radius 2 is 1.73 bits per heavy atom. The van der Waals surface area contributed by atoms with Gasteiger partial charge in [-0.05, 0) is 30.7 Å². The van der Waals surface area contributed by atoms with Gasteiger partial charge in [0.25, 0.3) is 0 Å². The molecule has 1 fully saturated rings. The van der Waals surface area contributed by atoms with Gasteiger partial charge in [0.05, 0.1) is 18.9 Å². The van der Waals surface area contributed by atoms with Crippen LogP contribution in [0.1, 0.15) is 12.0 Å². The predicted octanol–water partition coefficient (Wildman–Crippen LogP) is 3.89. The Kier molecular flexibility index (Phi) is 5.69. The molecule has 2 atom stereocenters. The van der Waals surface area contributed by atoms with Crippen molar-refractivity contribution in [1.29, 1.82) is 0 Å². The molecule has 136 valence electrons. The monoisotopic (exact) mass is 392 g/mol. The van der Waals surface area contributed by atoms with Crippen molar-refractivity contribution in [1.82, 2.24) is 5.32 Å². The van der Waals surface area contributed by atoms with Crippen molar-refractivity contribution in [2.24, 2.45) is 11.8 Å². The highest BCUT2D eigenvalue weighted by atomic mass is 35.5. The summed E-state index contributed by atoms with van der Waals surface area (Å²) in [6, 6.07) is 12.3. The summed E-state index contributed by atoms with van der Waals surface area (Å²) in [6.07, 6.45) is 0.526. The maximum Gasteiger partial charge on any atom is 0.228 e. The van der Waals surface area contributed by atoms with Crippen LogP contribution in [-0.2, 0) is 16.1 Å². The lowest BCUT2D eigenvalue weighted by atomic mass is 10.2. The molecule has 2 aromatic rings. The molecule has 2 N–H and O–H groups in total. The topological polar surface area (TPSA) is 67.4 Å². The molecule has 1 saturated carbocycles. The van der Waals surface area contributed by atoms with Crippen LogP contribution in [0.4, 0.5) is 5.69 Å². The van der Waals surface area contributed by atoms with Crippen LogP contribution in [-0.4, -0.2) is 18.9 Å². The fourth-order valence-corrected chi connectivity index (χ4v) is 3.32. The van der Waals surface area contributed by atoms with Crippen LogP contribution in [0.5, 0.6) is 5.75 Å². The lowest BCUT2D eigenvalue weighted by Gasteiger charge is -2.09. The van der Waals surface area contributed by atoms with Crippen LogP contribution in [0.25, 0.3) is 0 Å². The van der Waals surface area contributed by atoms with Crippen LogP contribution in [0.15, 0.2) is 42.5 Å². The molecule has 0 bridgehead atoms. The zero-order valence-electron chi connectivity index (χ0n) is 14.1. The maximum absolute atomic E-state index is 12.3. The molecule has 0 spiro atoms. The number of benzene rings is 2. The molecule has 7 heteroatoms. The zero-order valence-corrected chi connectivity index (χ0v) is 15.6. The highest BCUT2D eigenvalue weighted by Crippen LogP contribution is 2.40. The first-order valence-corrected chi connectivity index (χ1v) is 8.90. The lowest BCUT2D eigenvalue weighted by molar-refractivity contribution is -0.125. The number of nitrogens with one attached hydrogen (secondary N) is 2. The van der Waals surface area contributed by atoms with Gasteiger partial charge in [-0.25, -0.2) is 0 Å². The van der Waals surface area contributed by atoms with Gasteiger partial charge in [-0.3, -0.25) is 9.59 Å². The van der Waals surface area contributed by atoms with E-state index >= 15 is 0 Å². The second kappa shape index (κ2) is 7.98. The Morgan fingerprint density at radius 1 is 1.08 bits per heavy atom. The first-order chi connectivity index (χ1) is 12.5. The normalized spacial score (nSPS) is 18.1. The van der Waals surface area contributed by atoms with E-state index in [9.17, 15) is 9.59 Å². The molecule has 0 saturated heterocycles. The molecule has 0 radical (unpaired) electrons. The fourth-order valence-electron chi connectivity index (χ4n) is 2.80. The molecule has 2 amide bonds. The molecular weight excluding hydrogens is 375 g/mol. The van der Waals surface area contributed by atoms with Gasteiger partial charge >= 0.3 is 0 Å². The number of ether oxygens (including phenoxy) is 1. The van der Waals surface area contributed by atoms with Crippen molar-refractivity contribution in [3.05, 3.63) is 58.1 Å². The van der Waals surface area contributed by atoms with E-state index in [1.165, 1.54) is 0 Å². The van der Waals surface area contributed by atoms with Gasteiger partial charge in [-0.1, -0.05) is 41.4 Å². The van der Waals surface area contributed by atoms with Crippen LogP contribution >= 0.6 is 23.2 Å². The van der Waals surface area contributed by atoms with E-state index in [4.69, 9.17) is 27.9 Å². The van der Waals surface area contributed by atoms with Crippen molar-refractivity contribution in [3.8, 4) is 5.75 Å². The standard InChI is InChI=1S/C19H18Cl2N2O3/c1-26-17-5-3-2-4-11(17)10-22-18(24)15-9-16(15)19(25)23-14-7-12(20)6-13(21)8-14/h2-8,15-16H,9-10H2,1H3,(H,22,24)(H,23,25). The second-order valence-electron chi connectivity index (χ2n) is 6.13. The Morgan fingerprint density at radius 3 is 2.42 bits per heavy atom. The highest BCUT2D eigenvalue weighted by Gasteiger charge is 2.47. The van der Waals surface area contributed by atoms with E-state index in [-0.39, 0.29) is 23.7 Å². The Labute approximate surface area is 161 Å². The molecule has 26 heavy (non-hydrogen) atoms. The smallest absolute Gasteiger partial charge is 0.228 e. The number of rotatable bonds is 6. The van der Waals surface area contributed by atoms with Gasteiger partial charge < -0.3 is 15.4 Å². The summed E-state index contributed by atoms with van der Waals surface area (Å²) in [7, 11) is 1.59. The summed E-state index contributed by atoms with van der Waals surface area (Å²) in [5, 5.41) is 6.50. The predicted molar refractivity (Wildman–Crippen MR) is 102 cm³/mol. The number of carbonyl (C=O) groups is 2. The lowest BCUT2D eigenvalue weighted by Crippen LogP contribution is -2.27. The number of carbonyl (C=O) groups excluding carboxylic acids is 2. The SMILES string of the molecule is COc1ccccc1CNC(=O)C1CC1C(=O)Nc1cc(Cl)cc(Cl)c1. The Balaban J connectivity index is 1.52.